The molecule has 0 rings (SSSR count). The summed E-state index contributed by atoms with van der Waals surface area (Å²) in [6.45, 7) is 7.98. The Morgan fingerprint density at radius 2 is 1.92 bits per heavy atom. The molecule has 0 heterocycles. The van der Waals surface area contributed by atoms with Crippen LogP contribution in [0.1, 0.15) is 40.5 Å². The van der Waals surface area contributed by atoms with E-state index in [0.29, 0.717) is 18.8 Å². The van der Waals surface area contributed by atoms with Crippen molar-refractivity contribution in [2.75, 3.05) is 7.11 Å². The van der Waals surface area contributed by atoms with Gasteiger partial charge in [0, 0.05) is 20.0 Å². The summed E-state index contributed by atoms with van der Waals surface area (Å²) in [5, 5.41) is 0. The number of ether oxygens (including phenoxy) is 1. The summed E-state index contributed by atoms with van der Waals surface area (Å²) < 4.78 is 5.17. The number of Topliss-reactive ketones (excluding diaryl/α,β-unsaturated/α-hetero) is 1. The summed E-state index contributed by atoms with van der Waals surface area (Å²) in [5.74, 6) is 0.738. The highest BCUT2D eigenvalue weighted by atomic mass is 16.5. The van der Waals surface area contributed by atoms with Crippen LogP contribution >= 0.6 is 0 Å². The fourth-order valence-electron chi connectivity index (χ4n) is 1.07. The average molecular weight is 172 g/mol. The number of methoxy groups -OCH3 is 1. The number of hydrogen-bond donors (Lipinski definition) is 0. The van der Waals surface area contributed by atoms with E-state index in [1.807, 2.05) is 13.8 Å². The quantitative estimate of drug-likeness (QED) is 0.636. The Balaban J connectivity index is 3.84. The van der Waals surface area contributed by atoms with E-state index in [9.17, 15) is 4.79 Å². The second-order valence-corrected chi connectivity index (χ2v) is 4.28. The molecule has 0 bridgehead atoms. The number of ketones is 1. The van der Waals surface area contributed by atoms with Crippen molar-refractivity contribution in [1.29, 1.82) is 0 Å². The smallest absolute Gasteiger partial charge is 0.136 e. The van der Waals surface area contributed by atoms with Crippen LogP contribution in [0.2, 0.25) is 0 Å². The lowest BCUT2D eigenvalue weighted by atomic mass is 9.96. The Morgan fingerprint density at radius 3 is 2.25 bits per heavy atom. The van der Waals surface area contributed by atoms with E-state index in [2.05, 4.69) is 13.8 Å². The minimum Gasteiger partial charge on any atom is -0.378 e. The summed E-state index contributed by atoms with van der Waals surface area (Å²) in [5.41, 5.74) is -0.300. The molecule has 0 saturated carbocycles. The molecule has 2 nitrogen and oxygen atoms in total. The van der Waals surface area contributed by atoms with Gasteiger partial charge in [0.05, 0.1) is 5.60 Å². The first kappa shape index (κ1) is 11.6. The molecule has 0 radical (unpaired) electrons. The van der Waals surface area contributed by atoms with Crippen LogP contribution in [0.15, 0.2) is 0 Å². The summed E-state index contributed by atoms with van der Waals surface area (Å²) in [6, 6.07) is 0. The second-order valence-electron chi connectivity index (χ2n) is 4.28. The molecule has 0 aromatic rings. The molecule has 0 N–H and O–H groups in total. The molecule has 0 unspecified atom stereocenters. The van der Waals surface area contributed by atoms with E-state index in [0.717, 1.165) is 0 Å². The topological polar surface area (TPSA) is 26.3 Å². The third-order valence-electron chi connectivity index (χ3n) is 1.81. The van der Waals surface area contributed by atoms with Gasteiger partial charge in [-0.2, -0.15) is 0 Å². The third-order valence-corrected chi connectivity index (χ3v) is 1.81. The third kappa shape index (κ3) is 5.30. The first-order valence-electron chi connectivity index (χ1n) is 4.44. The van der Waals surface area contributed by atoms with Crippen LogP contribution in [0.25, 0.3) is 0 Å². The number of rotatable bonds is 5. The van der Waals surface area contributed by atoms with Gasteiger partial charge >= 0.3 is 0 Å². The molecular formula is C10H20O2. The maximum Gasteiger partial charge on any atom is 0.136 e. The largest absolute Gasteiger partial charge is 0.378 e. The SMILES string of the molecule is COC(C)(C)CC(=O)CC(C)C. The molecule has 0 saturated heterocycles. The Bertz CT molecular complexity index is 148. The van der Waals surface area contributed by atoms with Gasteiger partial charge in [-0.3, -0.25) is 4.79 Å². The van der Waals surface area contributed by atoms with Crippen molar-refractivity contribution in [3.8, 4) is 0 Å². The lowest BCUT2D eigenvalue weighted by molar-refractivity contribution is -0.124. The maximum absolute atomic E-state index is 11.3. The van der Waals surface area contributed by atoms with Crippen LogP contribution in [0.3, 0.4) is 0 Å². The van der Waals surface area contributed by atoms with Gasteiger partial charge in [-0.25, -0.2) is 0 Å². The van der Waals surface area contributed by atoms with Crippen molar-refractivity contribution >= 4 is 5.78 Å². The van der Waals surface area contributed by atoms with Crippen LogP contribution in [0.4, 0.5) is 0 Å². The molecule has 0 spiro atoms. The molecule has 0 aliphatic heterocycles. The lowest BCUT2D eigenvalue weighted by Gasteiger charge is -2.22. The maximum atomic E-state index is 11.3. The fourth-order valence-corrected chi connectivity index (χ4v) is 1.07. The predicted octanol–water partition coefficient (Wildman–Crippen LogP) is 2.42. The van der Waals surface area contributed by atoms with Crippen LogP contribution in [0, 0.1) is 5.92 Å². The fraction of sp³-hybridized carbons (Fsp3) is 0.900. The van der Waals surface area contributed by atoms with E-state index in [-0.39, 0.29) is 11.4 Å². The number of hydrogen-bond acceptors (Lipinski definition) is 2. The molecule has 72 valence electrons. The van der Waals surface area contributed by atoms with Crippen molar-refractivity contribution in [1.82, 2.24) is 0 Å². The second kappa shape index (κ2) is 4.61. The van der Waals surface area contributed by atoms with E-state index < -0.39 is 0 Å². The lowest BCUT2D eigenvalue weighted by Crippen LogP contribution is -2.26. The Labute approximate surface area is 75.3 Å². The minimum atomic E-state index is -0.300. The molecular weight excluding hydrogens is 152 g/mol. The summed E-state index contributed by atoms with van der Waals surface area (Å²) in [6.07, 6.45) is 1.18. The molecule has 0 aliphatic carbocycles. The Hall–Kier alpha value is -0.370. The highest BCUT2D eigenvalue weighted by Gasteiger charge is 2.20. The first-order chi connectivity index (χ1) is 5.37. The van der Waals surface area contributed by atoms with E-state index >= 15 is 0 Å². The van der Waals surface area contributed by atoms with Crippen molar-refractivity contribution in [3.05, 3.63) is 0 Å². The molecule has 0 aromatic carbocycles. The molecule has 2 heteroatoms. The molecule has 0 amide bonds. The number of carbonyl (C=O) groups is 1. The van der Waals surface area contributed by atoms with E-state index in [1.54, 1.807) is 7.11 Å². The highest BCUT2D eigenvalue weighted by Crippen LogP contribution is 2.16. The van der Waals surface area contributed by atoms with Crippen molar-refractivity contribution in [2.24, 2.45) is 5.92 Å². The zero-order chi connectivity index (χ0) is 9.78. The Kier molecular flexibility index (Phi) is 4.46. The van der Waals surface area contributed by atoms with Gasteiger partial charge in [0.1, 0.15) is 5.78 Å². The summed E-state index contributed by atoms with van der Waals surface area (Å²) in [7, 11) is 1.64. The average Bonchev–Trinajstić information content (AvgIpc) is 1.84. The monoisotopic (exact) mass is 172 g/mol. The van der Waals surface area contributed by atoms with E-state index in [1.165, 1.54) is 0 Å². The van der Waals surface area contributed by atoms with Crippen LogP contribution in [-0.4, -0.2) is 18.5 Å². The summed E-state index contributed by atoms with van der Waals surface area (Å²) >= 11 is 0. The number of carbonyl (C=O) groups excluding carboxylic acids is 1. The molecule has 0 fully saturated rings. The van der Waals surface area contributed by atoms with Gasteiger partial charge in [0.2, 0.25) is 0 Å². The molecule has 0 aromatic heterocycles. The normalized spacial score (nSPS) is 12.2. The van der Waals surface area contributed by atoms with Crippen LogP contribution < -0.4 is 0 Å². The van der Waals surface area contributed by atoms with Crippen molar-refractivity contribution in [3.63, 3.8) is 0 Å². The van der Waals surface area contributed by atoms with Crippen molar-refractivity contribution in [2.45, 2.75) is 46.1 Å². The van der Waals surface area contributed by atoms with Gasteiger partial charge < -0.3 is 4.74 Å². The summed E-state index contributed by atoms with van der Waals surface area (Å²) in [4.78, 5) is 11.3. The zero-order valence-electron chi connectivity index (χ0n) is 8.81. The zero-order valence-corrected chi connectivity index (χ0v) is 8.81. The first-order valence-corrected chi connectivity index (χ1v) is 4.44. The minimum absolute atomic E-state index is 0.289. The van der Waals surface area contributed by atoms with Crippen LogP contribution in [-0.2, 0) is 9.53 Å². The van der Waals surface area contributed by atoms with Gasteiger partial charge in [0.15, 0.2) is 0 Å². The van der Waals surface area contributed by atoms with Gasteiger partial charge in [-0.15, -0.1) is 0 Å². The Morgan fingerprint density at radius 1 is 1.42 bits per heavy atom. The highest BCUT2D eigenvalue weighted by molar-refractivity contribution is 5.79. The predicted molar refractivity (Wildman–Crippen MR) is 50.2 cm³/mol. The van der Waals surface area contributed by atoms with Crippen LogP contribution in [0.5, 0.6) is 0 Å². The van der Waals surface area contributed by atoms with Gasteiger partial charge in [0.25, 0.3) is 0 Å². The van der Waals surface area contributed by atoms with Gasteiger partial charge in [-0.1, -0.05) is 13.8 Å². The van der Waals surface area contributed by atoms with Gasteiger partial charge in [-0.05, 0) is 19.8 Å². The van der Waals surface area contributed by atoms with E-state index in [4.69, 9.17) is 4.74 Å². The standard InChI is InChI=1S/C10H20O2/c1-8(2)6-9(11)7-10(3,4)12-5/h8H,6-7H2,1-5H3. The molecule has 0 atom stereocenters. The van der Waals surface area contributed by atoms with Crippen molar-refractivity contribution < 1.29 is 9.53 Å². The molecule has 12 heavy (non-hydrogen) atoms. The molecule has 0 aliphatic rings.